The molecular formula is C11H16N2O2S. The molecule has 0 radical (unpaired) electrons. The Morgan fingerprint density at radius 1 is 1.50 bits per heavy atom. The van der Waals surface area contributed by atoms with Crippen molar-refractivity contribution in [1.29, 1.82) is 0 Å². The summed E-state index contributed by atoms with van der Waals surface area (Å²) < 4.78 is 25.5. The molecule has 0 spiro atoms. The van der Waals surface area contributed by atoms with Crippen LogP contribution in [-0.4, -0.2) is 26.3 Å². The fourth-order valence-electron chi connectivity index (χ4n) is 1.46. The van der Waals surface area contributed by atoms with Crippen molar-refractivity contribution in [3.05, 3.63) is 36.4 Å². The highest BCUT2D eigenvalue weighted by atomic mass is 32.2. The Morgan fingerprint density at radius 2 is 2.12 bits per heavy atom. The SMILES string of the molecule is C=CCN(C)S(=O)(=O)c1c(C)cccc1N. The van der Waals surface area contributed by atoms with Gasteiger partial charge >= 0.3 is 0 Å². The van der Waals surface area contributed by atoms with Gasteiger partial charge in [-0.3, -0.25) is 0 Å². The van der Waals surface area contributed by atoms with E-state index in [2.05, 4.69) is 6.58 Å². The third-order valence-corrected chi connectivity index (χ3v) is 4.34. The second-order valence-electron chi connectivity index (χ2n) is 3.57. The number of likely N-dealkylation sites (N-methyl/N-ethyl adjacent to an activating group) is 1. The minimum Gasteiger partial charge on any atom is -0.398 e. The third kappa shape index (κ3) is 2.25. The lowest BCUT2D eigenvalue weighted by Gasteiger charge is -2.18. The number of nitrogens with two attached hydrogens (primary N) is 1. The summed E-state index contributed by atoms with van der Waals surface area (Å²) in [5, 5.41) is 0. The molecule has 0 heterocycles. The number of benzene rings is 1. The molecule has 0 aliphatic heterocycles. The van der Waals surface area contributed by atoms with Crippen molar-refractivity contribution in [3.8, 4) is 0 Å². The number of nitrogen functional groups attached to an aromatic ring is 1. The molecule has 4 nitrogen and oxygen atoms in total. The number of hydrogen-bond donors (Lipinski definition) is 1. The van der Waals surface area contributed by atoms with E-state index in [0.29, 0.717) is 5.56 Å². The molecule has 0 fully saturated rings. The molecule has 0 atom stereocenters. The Kier molecular flexibility index (Phi) is 3.72. The van der Waals surface area contributed by atoms with Crippen molar-refractivity contribution in [2.45, 2.75) is 11.8 Å². The van der Waals surface area contributed by atoms with Gasteiger partial charge in [0.05, 0.1) is 5.69 Å². The van der Waals surface area contributed by atoms with Crippen molar-refractivity contribution in [1.82, 2.24) is 4.31 Å². The van der Waals surface area contributed by atoms with Gasteiger partial charge in [0, 0.05) is 13.6 Å². The molecule has 0 saturated heterocycles. The summed E-state index contributed by atoms with van der Waals surface area (Å²) in [5.41, 5.74) is 6.63. The van der Waals surface area contributed by atoms with Crippen molar-refractivity contribution in [2.24, 2.45) is 0 Å². The van der Waals surface area contributed by atoms with Crippen LogP contribution in [0.25, 0.3) is 0 Å². The molecule has 2 N–H and O–H groups in total. The molecule has 1 aromatic rings. The van der Waals surface area contributed by atoms with Crippen LogP contribution in [0.4, 0.5) is 5.69 Å². The maximum Gasteiger partial charge on any atom is 0.245 e. The number of aryl methyl sites for hydroxylation is 1. The first-order chi connectivity index (χ1) is 7.41. The summed E-state index contributed by atoms with van der Waals surface area (Å²) in [5.74, 6) is 0. The smallest absolute Gasteiger partial charge is 0.245 e. The summed E-state index contributed by atoms with van der Waals surface area (Å²) in [6.45, 7) is 5.50. The molecule has 1 rings (SSSR count). The number of sulfonamides is 1. The van der Waals surface area contributed by atoms with E-state index in [4.69, 9.17) is 5.73 Å². The topological polar surface area (TPSA) is 63.4 Å². The minimum atomic E-state index is -3.53. The summed E-state index contributed by atoms with van der Waals surface area (Å²) in [4.78, 5) is 0.180. The van der Waals surface area contributed by atoms with E-state index in [1.807, 2.05) is 0 Å². The average Bonchev–Trinajstić information content (AvgIpc) is 2.17. The lowest BCUT2D eigenvalue weighted by molar-refractivity contribution is 0.499. The number of rotatable bonds is 4. The van der Waals surface area contributed by atoms with Crippen LogP contribution in [0, 0.1) is 6.92 Å². The van der Waals surface area contributed by atoms with Crippen LogP contribution in [-0.2, 0) is 10.0 Å². The fraction of sp³-hybridized carbons (Fsp3) is 0.273. The fourth-order valence-corrected chi connectivity index (χ4v) is 2.92. The van der Waals surface area contributed by atoms with Gasteiger partial charge in [0.25, 0.3) is 0 Å². The Bertz CT molecular complexity index is 474. The predicted octanol–water partition coefficient (Wildman–Crippen LogP) is 1.38. The molecule has 88 valence electrons. The van der Waals surface area contributed by atoms with Crippen LogP contribution < -0.4 is 5.73 Å². The Morgan fingerprint density at radius 3 is 2.62 bits per heavy atom. The molecule has 16 heavy (non-hydrogen) atoms. The van der Waals surface area contributed by atoms with E-state index in [1.165, 1.54) is 17.4 Å². The van der Waals surface area contributed by atoms with E-state index in [1.54, 1.807) is 25.1 Å². The molecule has 0 aromatic heterocycles. The van der Waals surface area contributed by atoms with Gasteiger partial charge in [-0.05, 0) is 18.6 Å². The largest absolute Gasteiger partial charge is 0.398 e. The average molecular weight is 240 g/mol. The highest BCUT2D eigenvalue weighted by Gasteiger charge is 2.23. The van der Waals surface area contributed by atoms with Gasteiger partial charge in [0.2, 0.25) is 10.0 Å². The number of nitrogens with zero attached hydrogens (tertiary/aromatic N) is 1. The Labute approximate surface area is 96.4 Å². The second kappa shape index (κ2) is 4.67. The first kappa shape index (κ1) is 12.7. The van der Waals surface area contributed by atoms with Gasteiger partial charge in [0.1, 0.15) is 4.90 Å². The van der Waals surface area contributed by atoms with Gasteiger partial charge < -0.3 is 5.73 Å². The lowest BCUT2D eigenvalue weighted by atomic mass is 10.2. The number of hydrogen-bond acceptors (Lipinski definition) is 3. The van der Waals surface area contributed by atoms with Gasteiger partial charge in [0.15, 0.2) is 0 Å². The van der Waals surface area contributed by atoms with Crippen molar-refractivity contribution in [2.75, 3.05) is 19.3 Å². The second-order valence-corrected chi connectivity index (χ2v) is 5.55. The maximum atomic E-state index is 12.2. The molecule has 5 heteroatoms. The summed E-state index contributed by atoms with van der Waals surface area (Å²) in [6.07, 6.45) is 1.53. The van der Waals surface area contributed by atoms with Gasteiger partial charge in [-0.25, -0.2) is 8.42 Å². The first-order valence-corrected chi connectivity index (χ1v) is 6.27. The first-order valence-electron chi connectivity index (χ1n) is 4.83. The molecule has 0 aliphatic carbocycles. The molecule has 0 saturated carbocycles. The van der Waals surface area contributed by atoms with E-state index in [-0.39, 0.29) is 17.1 Å². The molecule has 0 unspecified atom stereocenters. The molecule has 0 bridgehead atoms. The monoisotopic (exact) mass is 240 g/mol. The van der Waals surface area contributed by atoms with Gasteiger partial charge in [-0.1, -0.05) is 18.2 Å². The van der Waals surface area contributed by atoms with Crippen LogP contribution in [0.1, 0.15) is 5.56 Å². The maximum absolute atomic E-state index is 12.2. The van der Waals surface area contributed by atoms with E-state index in [9.17, 15) is 8.42 Å². The minimum absolute atomic E-state index is 0.180. The highest BCUT2D eigenvalue weighted by molar-refractivity contribution is 7.89. The molecule has 0 aliphatic rings. The van der Waals surface area contributed by atoms with Gasteiger partial charge in [-0.2, -0.15) is 4.31 Å². The van der Waals surface area contributed by atoms with Crippen LogP contribution in [0.5, 0.6) is 0 Å². The van der Waals surface area contributed by atoms with Gasteiger partial charge in [-0.15, -0.1) is 6.58 Å². The van der Waals surface area contributed by atoms with Crippen LogP contribution in [0.2, 0.25) is 0 Å². The zero-order chi connectivity index (χ0) is 12.3. The van der Waals surface area contributed by atoms with Crippen molar-refractivity contribution in [3.63, 3.8) is 0 Å². The lowest BCUT2D eigenvalue weighted by Crippen LogP contribution is -2.28. The normalized spacial score (nSPS) is 11.7. The molecular weight excluding hydrogens is 224 g/mol. The zero-order valence-electron chi connectivity index (χ0n) is 9.47. The Hall–Kier alpha value is -1.33. The number of anilines is 1. The van der Waals surface area contributed by atoms with Crippen LogP contribution in [0.15, 0.2) is 35.7 Å². The van der Waals surface area contributed by atoms with E-state index in [0.717, 1.165) is 0 Å². The zero-order valence-corrected chi connectivity index (χ0v) is 10.3. The van der Waals surface area contributed by atoms with Crippen molar-refractivity contribution >= 4 is 15.7 Å². The summed E-state index contributed by atoms with van der Waals surface area (Å²) in [7, 11) is -2.02. The van der Waals surface area contributed by atoms with E-state index < -0.39 is 10.0 Å². The summed E-state index contributed by atoms with van der Waals surface area (Å²) in [6, 6.07) is 5.05. The quantitative estimate of drug-likeness (QED) is 0.639. The third-order valence-electron chi connectivity index (χ3n) is 2.30. The molecule has 1 aromatic carbocycles. The highest BCUT2D eigenvalue weighted by Crippen LogP contribution is 2.24. The van der Waals surface area contributed by atoms with E-state index >= 15 is 0 Å². The van der Waals surface area contributed by atoms with Crippen molar-refractivity contribution < 1.29 is 8.42 Å². The Balaban J connectivity index is 3.32. The summed E-state index contributed by atoms with van der Waals surface area (Å²) >= 11 is 0. The standard InChI is InChI=1S/C11H16N2O2S/c1-4-8-13(3)16(14,15)11-9(2)6-5-7-10(11)12/h4-7H,1,8,12H2,2-3H3. The predicted molar refractivity (Wildman–Crippen MR) is 65.6 cm³/mol. The molecule has 0 amide bonds. The van der Waals surface area contributed by atoms with Crippen LogP contribution in [0.3, 0.4) is 0 Å². The van der Waals surface area contributed by atoms with Crippen LogP contribution >= 0.6 is 0 Å².